The molecule has 3 N–H and O–H groups in total. The van der Waals surface area contributed by atoms with Crippen molar-refractivity contribution in [2.75, 3.05) is 10.2 Å². The van der Waals surface area contributed by atoms with E-state index in [9.17, 15) is 4.79 Å². The van der Waals surface area contributed by atoms with Crippen LogP contribution in [0.1, 0.15) is 29.9 Å². The standard InChI is InChI=1S/C24H25ClN8O/c1-13-11-18(12-32-15(3)29-30-23(13)32)33-22(16-5-7-17(25)8-6-16)20(14(2)26)21(24(33)34)28-19-9-10-27-31(19)4/h5-12,14,22,28H,26H2,1-4H3. The van der Waals surface area contributed by atoms with Gasteiger partial charge in [-0.1, -0.05) is 23.7 Å². The third-order valence-electron chi connectivity index (χ3n) is 6.15. The first-order valence-electron chi connectivity index (χ1n) is 10.9. The molecule has 0 spiro atoms. The van der Waals surface area contributed by atoms with Crippen LogP contribution in [-0.4, -0.2) is 36.3 Å². The number of amides is 1. The first kappa shape index (κ1) is 22.1. The van der Waals surface area contributed by atoms with Gasteiger partial charge in [0, 0.05) is 35.9 Å². The van der Waals surface area contributed by atoms with Gasteiger partial charge in [0.05, 0.1) is 17.9 Å². The van der Waals surface area contributed by atoms with Gasteiger partial charge in [-0.15, -0.1) is 10.2 Å². The van der Waals surface area contributed by atoms with Gasteiger partial charge in [0.1, 0.15) is 17.3 Å². The van der Waals surface area contributed by atoms with Gasteiger partial charge < -0.3 is 11.1 Å². The topological polar surface area (TPSA) is 106 Å². The monoisotopic (exact) mass is 476 g/mol. The Kier molecular flexibility index (Phi) is 5.38. The maximum Gasteiger partial charge on any atom is 0.275 e. The number of benzene rings is 1. The highest BCUT2D eigenvalue weighted by Gasteiger charge is 2.43. The van der Waals surface area contributed by atoms with Gasteiger partial charge in [-0.05, 0) is 50.1 Å². The van der Waals surface area contributed by atoms with Crippen molar-refractivity contribution in [3.05, 3.63) is 82.0 Å². The first-order valence-corrected chi connectivity index (χ1v) is 11.3. The highest BCUT2D eigenvalue weighted by Crippen LogP contribution is 2.43. The molecule has 0 aliphatic carbocycles. The molecule has 4 heterocycles. The normalized spacial score (nSPS) is 17.2. The summed E-state index contributed by atoms with van der Waals surface area (Å²) in [7, 11) is 1.81. The molecule has 34 heavy (non-hydrogen) atoms. The smallest absolute Gasteiger partial charge is 0.275 e. The van der Waals surface area contributed by atoms with E-state index in [2.05, 4.69) is 20.6 Å². The Bertz CT molecular complexity index is 1430. The van der Waals surface area contributed by atoms with Gasteiger partial charge in [-0.25, -0.2) is 0 Å². The fraction of sp³-hybridized carbons (Fsp3) is 0.250. The number of rotatable bonds is 5. The minimum Gasteiger partial charge on any atom is -0.336 e. The van der Waals surface area contributed by atoms with E-state index in [0.29, 0.717) is 16.5 Å². The lowest BCUT2D eigenvalue weighted by Crippen LogP contribution is -2.33. The van der Waals surface area contributed by atoms with Crippen molar-refractivity contribution in [2.45, 2.75) is 32.9 Å². The van der Waals surface area contributed by atoms with Crippen LogP contribution in [0.4, 0.5) is 11.5 Å². The summed E-state index contributed by atoms with van der Waals surface area (Å²) >= 11 is 6.17. The van der Waals surface area contributed by atoms with Crippen LogP contribution in [0.5, 0.6) is 0 Å². The van der Waals surface area contributed by atoms with Gasteiger partial charge in [0.15, 0.2) is 5.65 Å². The van der Waals surface area contributed by atoms with Crippen LogP contribution in [0.15, 0.2) is 60.1 Å². The Balaban J connectivity index is 1.72. The van der Waals surface area contributed by atoms with E-state index in [1.54, 1.807) is 15.8 Å². The van der Waals surface area contributed by atoms with Crippen molar-refractivity contribution in [2.24, 2.45) is 12.8 Å². The Morgan fingerprint density at radius 3 is 2.53 bits per heavy atom. The van der Waals surface area contributed by atoms with Crippen LogP contribution in [0.3, 0.4) is 0 Å². The lowest BCUT2D eigenvalue weighted by molar-refractivity contribution is -0.114. The van der Waals surface area contributed by atoms with Gasteiger partial charge in [0.25, 0.3) is 5.91 Å². The number of nitrogens with two attached hydrogens (primary N) is 1. The zero-order valence-corrected chi connectivity index (χ0v) is 20.1. The van der Waals surface area contributed by atoms with Gasteiger partial charge >= 0.3 is 0 Å². The van der Waals surface area contributed by atoms with Crippen molar-refractivity contribution < 1.29 is 4.79 Å². The largest absolute Gasteiger partial charge is 0.336 e. The van der Waals surface area contributed by atoms with Crippen LogP contribution in [0.2, 0.25) is 5.02 Å². The zero-order valence-electron chi connectivity index (χ0n) is 19.3. The van der Waals surface area contributed by atoms with Crippen LogP contribution in [0.25, 0.3) is 5.65 Å². The molecule has 0 fully saturated rings. The Hall–Kier alpha value is -3.69. The second-order valence-corrected chi connectivity index (χ2v) is 8.97. The van der Waals surface area contributed by atoms with Crippen molar-refractivity contribution in [1.82, 2.24) is 24.4 Å². The number of hydrogen-bond donors (Lipinski definition) is 2. The number of hydrogen-bond acceptors (Lipinski definition) is 6. The zero-order chi connectivity index (χ0) is 24.1. The van der Waals surface area contributed by atoms with E-state index in [-0.39, 0.29) is 5.91 Å². The third-order valence-corrected chi connectivity index (χ3v) is 6.40. The number of nitrogens with zero attached hydrogens (tertiary/aromatic N) is 6. The second kappa shape index (κ2) is 8.27. The average Bonchev–Trinajstić information content (AvgIpc) is 3.46. The van der Waals surface area contributed by atoms with Gasteiger partial charge in [-0.3, -0.25) is 18.8 Å². The highest BCUT2D eigenvalue weighted by atomic mass is 35.5. The number of anilines is 2. The maximum absolute atomic E-state index is 14.0. The quantitative estimate of drug-likeness (QED) is 0.456. The molecular weight excluding hydrogens is 452 g/mol. The minimum atomic E-state index is -0.422. The maximum atomic E-state index is 14.0. The summed E-state index contributed by atoms with van der Waals surface area (Å²) in [6.45, 7) is 5.73. The fourth-order valence-electron chi connectivity index (χ4n) is 4.48. The number of pyridine rings is 1. The first-order chi connectivity index (χ1) is 16.3. The van der Waals surface area contributed by atoms with E-state index >= 15 is 0 Å². The van der Waals surface area contributed by atoms with Crippen molar-refractivity contribution in [1.29, 1.82) is 0 Å². The fourth-order valence-corrected chi connectivity index (χ4v) is 4.61. The number of carbonyl (C=O) groups is 1. The number of nitrogens with one attached hydrogen (secondary N) is 1. The summed E-state index contributed by atoms with van der Waals surface area (Å²) in [6.07, 6.45) is 3.57. The number of fused-ring (bicyclic) bond motifs is 1. The molecule has 3 aromatic heterocycles. The predicted molar refractivity (Wildman–Crippen MR) is 132 cm³/mol. The molecule has 174 valence electrons. The SMILES string of the molecule is Cc1cc(N2C(=O)C(Nc3ccnn3C)=C(C(C)N)C2c2ccc(Cl)cc2)cn2c(C)nnc12. The molecule has 10 heteroatoms. The molecule has 1 aliphatic heterocycles. The molecular formula is C24H25ClN8O. The number of carbonyl (C=O) groups excluding carboxylic acids is 1. The van der Waals surface area contributed by atoms with E-state index in [1.807, 2.05) is 74.8 Å². The van der Waals surface area contributed by atoms with E-state index in [4.69, 9.17) is 17.3 Å². The van der Waals surface area contributed by atoms with Gasteiger partial charge in [0.2, 0.25) is 0 Å². The molecule has 1 amide bonds. The number of aryl methyl sites for hydroxylation is 3. The summed E-state index contributed by atoms with van der Waals surface area (Å²) < 4.78 is 3.57. The third kappa shape index (κ3) is 3.53. The van der Waals surface area contributed by atoms with Crippen molar-refractivity contribution in [3.8, 4) is 0 Å². The molecule has 0 saturated heterocycles. The number of aromatic nitrogens is 5. The van der Waals surface area contributed by atoms with Gasteiger partial charge in [-0.2, -0.15) is 5.10 Å². The molecule has 1 aromatic carbocycles. The Labute approximate surface area is 201 Å². The van der Waals surface area contributed by atoms with Crippen molar-refractivity contribution >= 4 is 34.7 Å². The molecule has 0 bridgehead atoms. The molecule has 0 saturated carbocycles. The lowest BCUT2D eigenvalue weighted by atomic mass is 9.94. The summed E-state index contributed by atoms with van der Waals surface area (Å²) in [6, 6.07) is 10.5. The molecule has 5 rings (SSSR count). The predicted octanol–water partition coefficient (Wildman–Crippen LogP) is 3.53. The molecule has 1 aliphatic rings. The van der Waals surface area contributed by atoms with Crippen LogP contribution < -0.4 is 16.0 Å². The van der Waals surface area contributed by atoms with Crippen LogP contribution in [0, 0.1) is 13.8 Å². The summed E-state index contributed by atoms with van der Waals surface area (Å²) in [4.78, 5) is 15.8. The summed E-state index contributed by atoms with van der Waals surface area (Å²) in [5.74, 6) is 1.25. The van der Waals surface area contributed by atoms with Crippen molar-refractivity contribution in [3.63, 3.8) is 0 Å². The number of halogens is 1. The van der Waals surface area contributed by atoms with E-state index in [1.165, 1.54) is 0 Å². The summed E-state index contributed by atoms with van der Waals surface area (Å²) in [5.41, 5.74) is 11.0. The van der Waals surface area contributed by atoms with E-state index in [0.717, 1.165) is 33.9 Å². The second-order valence-electron chi connectivity index (χ2n) is 8.54. The van der Waals surface area contributed by atoms with Crippen LogP contribution in [-0.2, 0) is 11.8 Å². The van der Waals surface area contributed by atoms with Crippen LogP contribution >= 0.6 is 11.6 Å². The summed E-state index contributed by atoms with van der Waals surface area (Å²) in [5, 5.41) is 16.6. The lowest BCUT2D eigenvalue weighted by Gasteiger charge is -2.29. The molecule has 2 atom stereocenters. The molecule has 4 aromatic rings. The molecule has 9 nitrogen and oxygen atoms in total. The minimum absolute atomic E-state index is 0.182. The Morgan fingerprint density at radius 2 is 1.88 bits per heavy atom. The highest BCUT2D eigenvalue weighted by molar-refractivity contribution is 6.30. The molecule has 0 radical (unpaired) electrons. The van der Waals surface area contributed by atoms with E-state index < -0.39 is 12.1 Å². The Morgan fingerprint density at radius 1 is 1.15 bits per heavy atom. The average molecular weight is 477 g/mol. The molecule has 2 unspecified atom stereocenters.